The fourth-order valence-corrected chi connectivity index (χ4v) is 2.89. The van der Waals surface area contributed by atoms with Crippen molar-refractivity contribution in [2.45, 2.75) is 25.9 Å². The third-order valence-electron chi connectivity index (χ3n) is 4.47. The summed E-state index contributed by atoms with van der Waals surface area (Å²) >= 11 is 0. The van der Waals surface area contributed by atoms with Gasteiger partial charge in [0.05, 0.1) is 25.6 Å². The molecule has 0 aliphatic rings. The molecular formula is C22H20N6O6. The van der Waals surface area contributed by atoms with Crippen LogP contribution in [0.25, 0.3) is 11.5 Å². The van der Waals surface area contributed by atoms with Crippen molar-refractivity contribution in [3.63, 3.8) is 0 Å². The summed E-state index contributed by atoms with van der Waals surface area (Å²) in [5, 5.41) is 10.3. The number of hydrogen-bond donors (Lipinski definition) is 1. The number of anilines is 1. The zero-order valence-corrected chi connectivity index (χ0v) is 18.1. The summed E-state index contributed by atoms with van der Waals surface area (Å²) in [6.45, 7) is -0.219. The van der Waals surface area contributed by atoms with Crippen LogP contribution in [0.1, 0.15) is 24.0 Å². The Morgan fingerprint density at radius 1 is 1.00 bits per heavy atom. The number of nitrogens with one attached hydrogen (secondary N) is 1. The molecule has 174 valence electrons. The molecule has 3 aromatic heterocycles. The van der Waals surface area contributed by atoms with Gasteiger partial charge in [-0.05, 0) is 24.3 Å². The number of carbonyl (C=O) groups excluding carboxylic acids is 2. The number of para-hydroxylation sites is 2. The molecule has 0 aliphatic heterocycles. The first-order chi connectivity index (χ1) is 16.6. The summed E-state index contributed by atoms with van der Waals surface area (Å²) in [4.78, 5) is 36.7. The van der Waals surface area contributed by atoms with Gasteiger partial charge in [-0.1, -0.05) is 28.5 Å². The third-order valence-corrected chi connectivity index (χ3v) is 4.47. The predicted molar refractivity (Wildman–Crippen MR) is 115 cm³/mol. The average molecular weight is 464 g/mol. The van der Waals surface area contributed by atoms with Gasteiger partial charge in [-0.2, -0.15) is 9.97 Å². The van der Waals surface area contributed by atoms with Gasteiger partial charge in [0.25, 0.3) is 5.89 Å². The topological polar surface area (TPSA) is 155 Å². The maximum atomic E-state index is 12.2. The first kappa shape index (κ1) is 22.6. The predicted octanol–water partition coefficient (Wildman–Crippen LogP) is 2.38. The number of aryl methyl sites for hydroxylation is 1. The van der Waals surface area contributed by atoms with Crippen LogP contribution in [0, 0.1) is 0 Å². The zero-order valence-electron chi connectivity index (χ0n) is 18.1. The second-order valence-corrected chi connectivity index (χ2v) is 6.92. The molecule has 12 heteroatoms. The van der Waals surface area contributed by atoms with Gasteiger partial charge in [0, 0.05) is 12.6 Å². The quantitative estimate of drug-likeness (QED) is 0.344. The van der Waals surface area contributed by atoms with E-state index in [1.807, 2.05) is 6.07 Å². The Hall–Kier alpha value is -4.61. The van der Waals surface area contributed by atoms with Gasteiger partial charge in [0.15, 0.2) is 12.4 Å². The molecule has 0 spiro atoms. The smallest absolute Gasteiger partial charge is 0.306 e. The molecule has 0 saturated carbocycles. The standard InChI is InChI=1S/C22H20N6O6/c1-31-16-8-3-2-6-14(16)24-18(29)12-17-25-20(34-27-17)13-32-21(30)10-9-19-26-22(28-33-19)15-7-4-5-11-23-15/h2-8,11H,9-10,12-13H2,1H3,(H,24,29). The summed E-state index contributed by atoms with van der Waals surface area (Å²) in [6, 6.07) is 12.4. The molecule has 12 nitrogen and oxygen atoms in total. The Morgan fingerprint density at radius 2 is 1.82 bits per heavy atom. The lowest BCUT2D eigenvalue weighted by Crippen LogP contribution is -2.15. The van der Waals surface area contributed by atoms with Gasteiger partial charge in [-0.15, -0.1) is 0 Å². The van der Waals surface area contributed by atoms with Crippen LogP contribution in [0.4, 0.5) is 5.69 Å². The van der Waals surface area contributed by atoms with Crippen LogP contribution in [-0.4, -0.2) is 44.3 Å². The molecule has 3 heterocycles. The maximum absolute atomic E-state index is 12.2. The van der Waals surface area contributed by atoms with E-state index in [1.54, 1.807) is 42.6 Å². The monoisotopic (exact) mass is 464 g/mol. The lowest BCUT2D eigenvalue weighted by molar-refractivity contribution is -0.145. The molecule has 4 aromatic rings. The summed E-state index contributed by atoms with van der Waals surface area (Å²) in [7, 11) is 1.51. The van der Waals surface area contributed by atoms with Gasteiger partial charge >= 0.3 is 5.97 Å². The Labute approximate surface area is 193 Å². The largest absolute Gasteiger partial charge is 0.495 e. The fraction of sp³-hybridized carbons (Fsp3) is 0.227. The van der Waals surface area contributed by atoms with E-state index < -0.39 is 5.97 Å². The van der Waals surface area contributed by atoms with Crippen molar-refractivity contribution in [3.8, 4) is 17.3 Å². The van der Waals surface area contributed by atoms with E-state index in [0.717, 1.165) is 0 Å². The number of nitrogens with zero attached hydrogens (tertiary/aromatic N) is 5. The summed E-state index contributed by atoms with van der Waals surface area (Å²) in [5.41, 5.74) is 1.10. The highest BCUT2D eigenvalue weighted by molar-refractivity contribution is 5.93. The van der Waals surface area contributed by atoms with Crippen molar-refractivity contribution in [2.75, 3.05) is 12.4 Å². The molecule has 0 unspecified atom stereocenters. The van der Waals surface area contributed by atoms with Crippen LogP contribution >= 0.6 is 0 Å². The first-order valence-corrected chi connectivity index (χ1v) is 10.2. The molecule has 0 aliphatic carbocycles. The van der Waals surface area contributed by atoms with Gasteiger partial charge in [0.2, 0.25) is 17.6 Å². The Bertz CT molecular complexity index is 1260. The lowest BCUT2D eigenvalue weighted by atomic mass is 10.2. The molecule has 34 heavy (non-hydrogen) atoms. The third kappa shape index (κ3) is 6.00. The molecule has 0 saturated heterocycles. The number of rotatable bonds is 10. The minimum atomic E-state index is -0.508. The second kappa shape index (κ2) is 10.8. The Kier molecular flexibility index (Phi) is 7.18. The number of esters is 1. The van der Waals surface area contributed by atoms with Gasteiger partial charge in [0.1, 0.15) is 11.4 Å². The number of benzene rings is 1. The molecule has 4 rings (SSSR count). The number of pyridine rings is 1. The van der Waals surface area contributed by atoms with Crippen LogP contribution in [0.2, 0.25) is 0 Å². The van der Waals surface area contributed by atoms with Crippen molar-refractivity contribution >= 4 is 17.6 Å². The molecule has 0 atom stereocenters. The number of hydrogen-bond acceptors (Lipinski definition) is 11. The SMILES string of the molecule is COc1ccccc1NC(=O)Cc1noc(COC(=O)CCc2nc(-c3ccccn3)no2)n1. The van der Waals surface area contributed by atoms with Crippen LogP contribution in [-0.2, 0) is 33.8 Å². The second-order valence-electron chi connectivity index (χ2n) is 6.92. The van der Waals surface area contributed by atoms with Crippen molar-refractivity contribution in [2.24, 2.45) is 0 Å². The number of ether oxygens (including phenoxy) is 2. The normalized spacial score (nSPS) is 10.6. The molecule has 1 aromatic carbocycles. The number of methoxy groups -OCH3 is 1. The summed E-state index contributed by atoms with van der Waals surface area (Å²) in [5.74, 6) is 0.542. The average Bonchev–Trinajstić information content (AvgIpc) is 3.52. The molecule has 0 bridgehead atoms. The highest BCUT2D eigenvalue weighted by Gasteiger charge is 2.15. The lowest BCUT2D eigenvalue weighted by Gasteiger charge is -2.08. The van der Waals surface area contributed by atoms with Gasteiger partial charge in [-0.3, -0.25) is 14.6 Å². The highest BCUT2D eigenvalue weighted by Crippen LogP contribution is 2.23. The Morgan fingerprint density at radius 3 is 2.65 bits per heavy atom. The summed E-state index contributed by atoms with van der Waals surface area (Å²) in [6.07, 6.45) is 1.73. The van der Waals surface area contributed by atoms with E-state index in [4.69, 9.17) is 18.5 Å². The minimum Gasteiger partial charge on any atom is -0.495 e. The highest BCUT2D eigenvalue weighted by atomic mass is 16.6. The first-order valence-electron chi connectivity index (χ1n) is 10.2. The summed E-state index contributed by atoms with van der Waals surface area (Å²) < 4.78 is 20.5. The molecule has 1 N–H and O–H groups in total. The number of amides is 1. The van der Waals surface area contributed by atoms with E-state index in [9.17, 15) is 9.59 Å². The van der Waals surface area contributed by atoms with Gasteiger partial charge in [-0.25, -0.2) is 0 Å². The van der Waals surface area contributed by atoms with E-state index in [1.165, 1.54) is 7.11 Å². The van der Waals surface area contributed by atoms with E-state index in [-0.39, 0.29) is 43.5 Å². The van der Waals surface area contributed by atoms with Crippen molar-refractivity contribution in [1.82, 2.24) is 25.3 Å². The number of aromatic nitrogens is 5. The Balaban J connectivity index is 1.21. The maximum Gasteiger partial charge on any atom is 0.306 e. The van der Waals surface area contributed by atoms with Crippen LogP contribution in [0.3, 0.4) is 0 Å². The van der Waals surface area contributed by atoms with Crippen molar-refractivity contribution in [3.05, 3.63) is 66.3 Å². The van der Waals surface area contributed by atoms with E-state index in [2.05, 4.69) is 30.6 Å². The van der Waals surface area contributed by atoms with E-state index in [0.29, 0.717) is 28.8 Å². The molecular weight excluding hydrogens is 444 g/mol. The van der Waals surface area contributed by atoms with Crippen molar-refractivity contribution in [1.29, 1.82) is 0 Å². The van der Waals surface area contributed by atoms with Gasteiger partial charge < -0.3 is 23.8 Å². The van der Waals surface area contributed by atoms with Crippen LogP contribution in [0.5, 0.6) is 5.75 Å². The molecule has 0 radical (unpaired) electrons. The fourth-order valence-electron chi connectivity index (χ4n) is 2.89. The zero-order chi connectivity index (χ0) is 23.8. The number of carbonyl (C=O) groups is 2. The minimum absolute atomic E-state index is 0.0200. The van der Waals surface area contributed by atoms with Crippen LogP contribution in [0.15, 0.2) is 57.7 Å². The van der Waals surface area contributed by atoms with Crippen LogP contribution < -0.4 is 10.1 Å². The molecule has 0 fully saturated rings. The van der Waals surface area contributed by atoms with Crippen molar-refractivity contribution < 1.29 is 28.1 Å². The molecule has 1 amide bonds. The van der Waals surface area contributed by atoms with E-state index >= 15 is 0 Å².